The highest BCUT2D eigenvalue weighted by molar-refractivity contribution is 5.76. The summed E-state index contributed by atoms with van der Waals surface area (Å²) in [4.78, 5) is 24.9. The van der Waals surface area contributed by atoms with Crippen LogP contribution in [0.25, 0.3) is 0 Å². The minimum atomic E-state index is -0.433. The van der Waals surface area contributed by atoms with Crippen molar-refractivity contribution in [1.82, 2.24) is 9.47 Å². The number of hydrogen-bond acceptors (Lipinski definition) is 3. The SMILES string of the molecule is C[C@@]1(C#N)CCCN(C(=O)Cn2ccc(=O)cc2)C1. The summed E-state index contributed by atoms with van der Waals surface area (Å²) in [6, 6.07) is 5.16. The number of carbonyl (C=O) groups is 1. The molecular weight excluding hydrogens is 242 g/mol. The van der Waals surface area contributed by atoms with Crippen LogP contribution in [0.2, 0.25) is 0 Å². The maximum absolute atomic E-state index is 12.2. The third-order valence-electron chi connectivity index (χ3n) is 3.50. The van der Waals surface area contributed by atoms with Crippen LogP contribution < -0.4 is 5.43 Å². The topological polar surface area (TPSA) is 66.1 Å². The second kappa shape index (κ2) is 5.27. The molecule has 0 spiro atoms. The van der Waals surface area contributed by atoms with Crippen LogP contribution >= 0.6 is 0 Å². The largest absolute Gasteiger partial charge is 0.345 e. The molecule has 1 aromatic rings. The van der Waals surface area contributed by atoms with Gasteiger partial charge in [0.2, 0.25) is 5.91 Å². The quantitative estimate of drug-likeness (QED) is 0.795. The van der Waals surface area contributed by atoms with Gasteiger partial charge >= 0.3 is 0 Å². The van der Waals surface area contributed by atoms with Crippen LogP contribution in [0, 0.1) is 16.7 Å². The maximum Gasteiger partial charge on any atom is 0.242 e. The second-order valence-corrected chi connectivity index (χ2v) is 5.30. The highest BCUT2D eigenvalue weighted by Gasteiger charge is 2.32. The number of nitriles is 1. The Hall–Kier alpha value is -2.09. The van der Waals surface area contributed by atoms with Crippen molar-refractivity contribution in [3.05, 3.63) is 34.7 Å². The normalized spacial score (nSPS) is 22.8. The molecule has 100 valence electrons. The molecule has 0 aliphatic carbocycles. The fourth-order valence-electron chi connectivity index (χ4n) is 2.35. The van der Waals surface area contributed by atoms with Crippen LogP contribution in [-0.2, 0) is 11.3 Å². The predicted molar refractivity (Wildman–Crippen MR) is 70.2 cm³/mol. The van der Waals surface area contributed by atoms with Crippen LogP contribution in [-0.4, -0.2) is 28.5 Å². The fraction of sp³-hybridized carbons (Fsp3) is 0.500. The number of aromatic nitrogens is 1. The van der Waals surface area contributed by atoms with E-state index in [1.807, 2.05) is 6.92 Å². The van der Waals surface area contributed by atoms with Gasteiger partial charge in [-0.3, -0.25) is 9.59 Å². The summed E-state index contributed by atoms with van der Waals surface area (Å²) in [5.74, 6) is -0.00942. The van der Waals surface area contributed by atoms with Crippen molar-refractivity contribution in [3.63, 3.8) is 0 Å². The molecule has 1 fully saturated rings. The summed E-state index contributed by atoms with van der Waals surface area (Å²) in [7, 11) is 0. The number of rotatable bonds is 2. The first kappa shape index (κ1) is 13.3. The molecule has 0 unspecified atom stereocenters. The zero-order valence-electron chi connectivity index (χ0n) is 11.0. The predicted octanol–water partition coefficient (Wildman–Crippen LogP) is 1.00. The van der Waals surface area contributed by atoms with Crippen molar-refractivity contribution < 1.29 is 4.79 Å². The summed E-state index contributed by atoms with van der Waals surface area (Å²) in [5.41, 5.74) is -0.504. The minimum Gasteiger partial charge on any atom is -0.345 e. The standard InChI is InChI=1S/C14H17N3O2/c1-14(10-15)5-2-6-17(11-14)13(19)9-16-7-3-12(18)4-8-16/h3-4,7-8H,2,5-6,9,11H2,1H3/t14-/m0/s1. The van der Waals surface area contributed by atoms with Crippen LogP contribution in [0.3, 0.4) is 0 Å². The average molecular weight is 259 g/mol. The molecule has 5 heteroatoms. The summed E-state index contributed by atoms with van der Waals surface area (Å²) in [6.45, 7) is 3.30. The Kier molecular flexibility index (Phi) is 3.70. The average Bonchev–Trinajstić information content (AvgIpc) is 2.41. The number of pyridine rings is 1. The van der Waals surface area contributed by atoms with Gasteiger partial charge in [0.15, 0.2) is 5.43 Å². The van der Waals surface area contributed by atoms with Crippen LogP contribution in [0.1, 0.15) is 19.8 Å². The third-order valence-corrected chi connectivity index (χ3v) is 3.50. The number of likely N-dealkylation sites (tertiary alicyclic amines) is 1. The van der Waals surface area contributed by atoms with E-state index in [2.05, 4.69) is 6.07 Å². The molecule has 1 saturated heterocycles. The van der Waals surface area contributed by atoms with E-state index in [4.69, 9.17) is 5.26 Å². The molecule has 5 nitrogen and oxygen atoms in total. The Morgan fingerprint density at radius 1 is 1.47 bits per heavy atom. The maximum atomic E-state index is 12.2. The van der Waals surface area contributed by atoms with Gasteiger partial charge < -0.3 is 9.47 Å². The Morgan fingerprint density at radius 3 is 2.79 bits per heavy atom. The zero-order chi connectivity index (χ0) is 13.9. The summed E-state index contributed by atoms with van der Waals surface area (Å²) < 4.78 is 1.68. The molecule has 1 amide bonds. The van der Waals surface area contributed by atoms with E-state index in [9.17, 15) is 9.59 Å². The van der Waals surface area contributed by atoms with E-state index in [1.165, 1.54) is 12.1 Å². The van der Waals surface area contributed by atoms with Crippen molar-refractivity contribution >= 4 is 5.91 Å². The van der Waals surface area contributed by atoms with Crippen molar-refractivity contribution in [1.29, 1.82) is 5.26 Å². The van der Waals surface area contributed by atoms with Gasteiger partial charge in [-0.1, -0.05) is 0 Å². The summed E-state index contributed by atoms with van der Waals surface area (Å²) in [5, 5.41) is 9.14. The lowest BCUT2D eigenvalue weighted by Crippen LogP contribution is -2.45. The van der Waals surface area contributed by atoms with E-state index in [-0.39, 0.29) is 17.9 Å². The lowest BCUT2D eigenvalue weighted by molar-refractivity contribution is -0.134. The van der Waals surface area contributed by atoms with Crippen LogP contribution in [0.4, 0.5) is 0 Å². The molecule has 1 aromatic heterocycles. The van der Waals surface area contributed by atoms with Crippen LogP contribution in [0.5, 0.6) is 0 Å². The molecule has 0 N–H and O–H groups in total. The number of hydrogen-bond donors (Lipinski definition) is 0. The Balaban J connectivity index is 2.02. The van der Waals surface area contributed by atoms with Crippen molar-refractivity contribution in [2.24, 2.45) is 5.41 Å². The molecule has 2 rings (SSSR count). The molecule has 19 heavy (non-hydrogen) atoms. The summed E-state index contributed by atoms with van der Waals surface area (Å²) >= 11 is 0. The van der Waals surface area contributed by atoms with Gasteiger partial charge in [-0.25, -0.2) is 0 Å². The smallest absolute Gasteiger partial charge is 0.242 e. The molecular formula is C14H17N3O2. The third kappa shape index (κ3) is 3.22. The van der Waals surface area contributed by atoms with Gasteiger partial charge in [0.1, 0.15) is 6.54 Å². The minimum absolute atomic E-state index is 0.00942. The van der Waals surface area contributed by atoms with Gasteiger partial charge in [-0.2, -0.15) is 5.26 Å². The van der Waals surface area contributed by atoms with E-state index >= 15 is 0 Å². The lowest BCUT2D eigenvalue weighted by Gasteiger charge is -2.36. The Bertz CT molecular complexity index is 552. The van der Waals surface area contributed by atoms with Gasteiger partial charge in [0.05, 0.1) is 11.5 Å². The van der Waals surface area contributed by atoms with Gasteiger partial charge in [0.25, 0.3) is 0 Å². The molecule has 2 heterocycles. The Labute approximate surface area is 112 Å². The van der Waals surface area contributed by atoms with E-state index < -0.39 is 5.41 Å². The first-order chi connectivity index (χ1) is 9.02. The van der Waals surface area contributed by atoms with E-state index in [1.54, 1.807) is 21.9 Å². The van der Waals surface area contributed by atoms with Gasteiger partial charge in [-0.05, 0) is 19.8 Å². The van der Waals surface area contributed by atoms with Crippen molar-refractivity contribution in [2.45, 2.75) is 26.3 Å². The first-order valence-electron chi connectivity index (χ1n) is 6.38. The Morgan fingerprint density at radius 2 is 2.16 bits per heavy atom. The zero-order valence-corrected chi connectivity index (χ0v) is 11.0. The molecule has 0 aromatic carbocycles. The molecule has 1 atom stereocenters. The molecule has 0 bridgehead atoms. The molecule has 1 aliphatic heterocycles. The molecule has 1 aliphatic rings. The fourth-order valence-corrected chi connectivity index (χ4v) is 2.35. The van der Waals surface area contributed by atoms with Crippen molar-refractivity contribution in [3.8, 4) is 6.07 Å². The van der Waals surface area contributed by atoms with E-state index in [0.29, 0.717) is 13.1 Å². The molecule has 0 radical (unpaired) electrons. The number of piperidine rings is 1. The molecule has 0 saturated carbocycles. The lowest BCUT2D eigenvalue weighted by atomic mass is 9.83. The van der Waals surface area contributed by atoms with Gasteiger partial charge in [0, 0.05) is 37.6 Å². The highest BCUT2D eigenvalue weighted by atomic mass is 16.2. The monoisotopic (exact) mass is 259 g/mol. The van der Waals surface area contributed by atoms with Gasteiger partial charge in [-0.15, -0.1) is 0 Å². The van der Waals surface area contributed by atoms with Crippen molar-refractivity contribution in [2.75, 3.05) is 13.1 Å². The number of nitrogens with zero attached hydrogens (tertiary/aromatic N) is 3. The number of carbonyl (C=O) groups excluding carboxylic acids is 1. The van der Waals surface area contributed by atoms with Crippen LogP contribution in [0.15, 0.2) is 29.3 Å². The summed E-state index contributed by atoms with van der Waals surface area (Å²) in [6.07, 6.45) is 4.91. The van der Waals surface area contributed by atoms with E-state index in [0.717, 1.165) is 12.8 Å². The number of amides is 1. The second-order valence-electron chi connectivity index (χ2n) is 5.30. The first-order valence-corrected chi connectivity index (χ1v) is 6.38. The highest BCUT2D eigenvalue weighted by Crippen LogP contribution is 2.28.